The molecule has 1 rings (SSSR count). The molecule has 22 heavy (non-hydrogen) atoms. The zero-order chi connectivity index (χ0) is 16.6. The minimum Gasteiger partial charge on any atom is -0.343 e. The molecule has 0 aliphatic heterocycles. The number of hydrogen-bond acceptors (Lipinski definition) is 3. The van der Waals surface area contributed by atoms with Gasteiger partial charge in [0.25, 0.3) is 0 Å². The average molecular weight is 391 g/mol. The SMILES string of the molecule is CCCN(CCC)C(=O)CCNS(=O)(=O)c1cccc(Br)c1. The van der Waals surface area contributed by atoms with Gasteiger partial charge in [-0.25, -0.2) is 13.1 Å². The molecule has 1 aromatic carbocycles. The zero-order valence-electron chi connectivity index (χ0n) is 13.0. The molecule has 7 heteroatoms. The summed E-state index contributed by atoms with van der Waals surface area (Å²) in [7, 11) is -3.58. The monoisotopic (exact) mass is 390 g/mol. The Hall–Kier alpha value is -0.920. The number of rotatable bonds is 9. The van der Waals surface area contributed by atoms with Crippen molar-refractivity contribution in [1.29, 1.82) is 0 Å². The lowest BCUT2D eigenvalue weighted by atomic mass is 10.3. The maximum absolute atomic E-state index is 12.1. The summed E-state index contributed by atoms with van der Waals surface area (Å²) >= 11 is 3.25. The highest BCUT2D eigenvalue weighted by Crippen LogP contribution is 2.15. The van der Waals surface area contributed by atoms with E-state index in [4.69, 9.17) is 0 Å². The molecule has 0 radical (unpaired) electrons. The average Bonchev–Trinajstić information content (AvgIpc) is 2.46. The third-order valence-electron chi connectivity index (χ3n) is 3.08. The lowest BCUT2D eigenvalue weighted by molar-refractivity contribution is -0.131. The summed E-state index contributed by atoms with van der Waals surface area (Å²) in [5, 5.41) is 0. The fraction of sp³-hybridized carbons (Fsp3) is 0.533. The minimum absolute atomic E-state index is 0.0133. The van der Waals surface area contributed by atoms with Crippen LogP contribution in [-0.2, 0) is 14.8 Å². The number of amides is 1. The topological polar surface area (TPSA) is 66.5 Å². The fourth-order valence-electron chi connectivity index (χ4n) is 2.07. The number of benzene rings is 1. The molecule has 0 aliphatic carbocycles. The molecule has 1 amide bonds. The van der Waals surface area contributed by atoms with Crippen LogP contribution >= 0.6 is 15.9 Å². The second kappa shape index (κ2) is 9.27. The first-order valence-corrected chi connectivity index (χ1v) is 9.71. The van der Waals surface area contributed by atoms with Crippen molar-refractivity contribution in [3.63, 3.8) is 0 Å². The number of nitrogens with one attached hydrogen (secondary N) is 1. The van der Waals surface area contributed by atoms with Crippen molar-refractivity contribution in [2.24, 2.45) is 0 Å². The van der Waals surface area contributed by atoms with E-state index in [0.717, 1.165) is 12.8 Å². The molecule has 0 fully saturated rings. The molecule has 1 aromatic rings. The molecule has 0 saturated carbocycles. The molecule has 0 heterocycles. The Morgan fingerprint density at radius 1 is 1.23 bits per heavy atom. The predicted octanol–water partition coefficient (Wildman–Crippen LogP) is 2.77. The molecule has 5 nitrogen and oxygen atoms in total. The van der Waals surface area contributed by atoms with E-state index in [2.05, 4.69) is 20.7 Å². The smallest absolute Gasteiger partial charge is 0.240 e. The minimum atomic E-state index is -3.58. The molecule has 0 aromatic heterocycles. The number of carbonyl (C=O) groups is 1. The highest BCUT2D eigenvalue weighted by molar-refractivity contribution is 9.10. The number of nitrogens with zero attached hydrogens (tertiary/aromatic N) is 1. The van der Waals surface area contributed by atoms with Crippen LogP contribution in [0.25, 0.3) is 0 Å². The van der Waals surface area contributed by atoms with Crippen LogP contribution in [0.15, 0.2) is 33.6 Å². The van der Waals surface area contributed by atoms with Gasteiger partial charge in [-0.05, 0) is 31.0 Å². The third-order valence-corrected chi connectivity index (χ3v) is 5.03. The van der Waals surface area contributed by atoms with Crippen LogP contribution in [0, 0.1) is 0 Å². The van der Waals surface area contributed by atoms with Gasteiger partial charge >= 0.3 is 0 Å². The lowest BCUT2D eigenvalue weighted by Gasteiger charge is -2.21. The van der Waals surface area contributed by atoms with Gasteiger partial charge in [-0.2, -0.15) is 0 Å². The molecule has 0 atom stereocenters. The second-order valence-electron chi connectivity index (χ2n) is 4.99. The van der Waals surface area contributed by atoms with Crippen LogP contribution < -0.4 is 4.72 Å². The van der Waals surface area contributed by atoms with Gasteiger partial charge in [-0.1, -0.05) is 35.8 Å². The van der Waals surface area contributed by atoms with Crippen LogP contribution in [0.2, 0.25) is 0 Å². The standard InChI is InChI=1S/C15H23BrN2O3S/c1-3-10-18(11-4-2)15(19)8-9-17-22(20,21)14-7-5-6-13(16)12-14/h5-7,12,17H,3-4,8-11H2,1-2H3. The van der Waals surface area contributed by atoms with Crippen LogP contribution in [0.5, 0.6) is 0 Å². The van der Waals surface area contributed by atoms with Crippen molar-refractivity contribution in [2.45, 2.75) is 38.0 Å². The first kappa shape index (κ1) is 19.1. The van der Waals surface area contributed by atoms with Crippen LogP contribution in [0.1, 0.15) is 33.1 Å². The Balaban J connectivity index is 2.57. The normalized spacial score (nSPS) is 11.4. The highest BCUT2D eigenvalue weighted by Gasteiger charge is 2.16. The summed E-state index contributed by atoms with van der Waals surface area (Å²) in [6.07, 6.45) is 1.97. The van der Waals surface area contributed by atoms with Gasteiger partial charge in [-0.3, -0.25) is 4.79 Å². The Labute approximate surface area is 141 Å². The molecule has 0 saturated heterocycles. The Morgan fingerprint density at radius 2 is 1.86 bits per heavy atom. The number of sulfonamides is 1. The summed E-state index contributed by atoms with van der Waals surface area (Å²) in [6, 6.07) is 6.48. The van der Waals surface area contributed by atoms with Crippen molar-refractivity contribution in [3.05, 3.63) is 28.7 Å². The Kier molecular flexibility index (Phi) is 8.06. The summed E-state index contributed by atoms with van der Waals surface area (Å²) in [4.78, 5) is 14.1. The van der Waals surface area contributed by atoms with Gasteiger partial charge in [0.1, 0.15) is 0 Å². The lowest BCUT2D eigenvalue weighted by Crippen LogP contribution is -2.35. The van der Waals surface area contributed by atoms with Gasteiger partial charge in [0.15, 0.2) is 0 Å². The maximum Gasteiger partial charge on any atom is 0.240 e. The first-order chi connectivity index (χ1) is 10.4. The molecule has 124 valence electrons. The van der Waals surface area contributed by atoms with Crippen molar-refractivity contribution in [1.82, 2.24) is 9.62 Å². The molecule has 0 bridgehead atoms. The first-order valence-electron chi connectivity index (χ1n) is 7.43. The second-order valence-corrected chi connectivity index (χ2v) is 7.67. The van der Waals surface area contributed by atoms with Gasteiger partial charge in [0.2, 0.25) is 15.9 Å². The summed E-state index contributed by atoms with van der Waals surface area (Å²) in [6.45, 7) is 5.57. The number of carbonyl (C=O) groups excluding carboxylic acids is 1. The van der Waals surface area contributed by atoms with Gasteiger partial charge in [-0.15, -0.1) is 0 Å². The molecule has 0 aliphatic rings. The molecule has 1 N–H and O–H groups in total. The van der Waals surface area contributed by atoms with E-state index in [1.807, 2.05) is 13.8 Å². The van der Waals surface area contributed by atoms with E-state index < -0.39 is 10.0 Å². The highest BCUT2D eigenvalue weighted by atomic mass is 79.9. The largest absolute Gasteiger partial charge is 0.343 e. The van der Waals surface area contributed by atoms with E-state index in [9.17, 15) is 13.2 Å². The van der Waals surface area contributed by atoms with Crippen LogP contribution in [0.4, 0.5) is 0 Å². The maximum atomic E-state index is 12.1. The van der Waals surface area contributed by atoms with Crippen molar-refractivity contribution >= 4 is 31.9 Å². The summed E-state index contributed by atoms with van der Waals surface area (Å²) in [5.74, 6) is -0.0133. The van der Waals surface area contributed by atoms with Crippen molar-refractivity contribution in [3.8, 4) is 0 Å². The summed E-state index contributed by atoms with van der Waals surface area (Å²) in [5.41, 5.74) is 0. The van der Waals surface area contributed by atoms with Crippen LogP contribution in [0.3, 0.4) is 0 Å². The number of hydrogen-bond donors (Lipinski definition) is 1. The van der Waals surface area contributed by atoms with Gasteiger partial charge < -0.3 is 4.90 Å². The van der Waals surface area contributed by atoms with E-state index in [0.29, 0.717) is 17.6 Å². The van der Waals surface area contributed by atoms with Gasteiger partial charge in [0, 0.05) is 30.5 Å². The molecular weight excluding hydrogens is 368 g/mol. The molecule has 0 unspecified atom stereocenters. The third kappa shape index (κ3) is 6.06. The van der Waals surface area contributed by atoms with Crippen molar-refractivity contribution in [2.75, 3.05) is 19.6 Å². The molecule has 0 spiro atoms. The van der Waals surface area contributed by atoms with Crippen LogP contribution in [-0.4, -0.2) is 38.9 Å². The van der Waals surface area contributed by atoms with E-state index in [1.54, 1.807) is 17.0 Å². The zero-order valence-corrected chi connectivity index (χ0v) is 15.4. The predicted molar refractivity (Wildman–Crippen MR) is 91.1 cm³/mol. The van der Waals surface area contributed by atoms with Crippen molar-refractivity contribution < 1.29 is 13.2 Å². The quantitative estimate of drug-likeness (QED) is 0.704. The Bertz CT molecular complexity index is 584. The van der Waals surface area contributed by atoms with E-state index in [-0.39, 0.29) is 23.8 Å². The molecular formula is C15H23BrN2O3S. The fourth-order valence-corrected chi connectivity index (χ4v) is 3.70. The Morgan fingerprint density at radius 3 is 2.41 bits per heavy atom. The number of halogens is 1. The van der Waals surface area contributed by atoms with Gasteiger partial charge in [0.05, 0.1) is 4.90 Å². The van der Waals surface area contributed by atoms with E-state index in [1.165, 1.54) is 12.1 Å². The van der Waals surface area contributed by atoms with E-state index >= 15 is 0 Å². The summed E-state index contributed by atoms with van der Waals surface area (Å²) < 4.78 is 27.4.